The van der Waals surface area contributed by atoms with Crippen LogP contribution in [-0.4, -0.2) is 23.4 Å². The molecule has 2 aromatic carbocycles. The summed E-state index contributed by atoms with van der Waals surface area (Å²) in [5.41, 5.74) is 1.43. The molecule has 2 rings (SSSR count). The summed E-state index contributed by atoms with van der Waals surface area (Å²) >= 11 is 0. The Bertz CT molecular complexity index is 554. The van der Waals surface area contributed by atoms with Gasteiger partial charge in [-0.2, -0.15) is 0 Å². The summed E-state index contributed by atoms with van der Waals surface area (Å²) in [6.07, 6.45) is -0.729. The van der Waals surface area contributed by atoms with Crippen molar-refractivity contribution in [1.29, 1.82) is 0 Å². The van der Waals surface area contributed by atoms with E-state index < -0.39 is 6.10 Å². The van der Waals surface area contributed by atoms with Gasteiger partial charge in [-0.1, -0.05) is 42.5 Å². The molecule has 1 atom stereocenters. The summed E-state index contributed by atoms with van der Waals surface area (Å²) in [7, 11) is 0. The minimum absolute atomic E-state index is 0.0983. The molecule has 0 aromatic heterocycles. The molecule has 0 saturated heterocycles. The summed E-state index contributed by atoms with van der Waals surface area (Å²) in [4.78, 5) is 0. The van der Waals surface area contributed by atoms with E-state index in [-0.39, 0.29) is 13.2 Å². The predicted octanol–water partition coefficient (Wildman–Crippen LogP) is 2.69. The molecule has 0 aliphatic heterocycles. The van der Waals surface area contributed by atoms with Crippen LogP contribution in [0.1, 0.15) is 24.2 Å². The van der Waals surface area contributed by atoms with Crippen molar-refractivity contribution in [2.75, 3.05) is 13.2 Å². The van der Waals surface area contributed by atoms with Crippen LogP contribution in [0.2, 0.25) is 0 Å². The van der Waals surface area contributed by atoms with Crippen molar-refractivity contribution in [3.63, 3.8) is 0 Å². The molecule has 0 fully saturated rings. The van der Waals surface area contributed by atoms with Gasteiger partial charge >= 0.3 is 0 Å². The molecule has 0 saturated carbocycles. The normalized spacial score (nSPS) is 12.0. The maximum atomic E-state index is 10.1. The molecule has 112 valence electrons. The van der Waals surface area contributed by atoms with Crippen LogP contribution in [0.25, 0.3) is 0 Å². The number of hydrogen-bond acceptors (Lipinski definition) is 4. The van der Waals surface area contributed by atoms with Gasteiger partial charge in [-0.05, 0) is 18.6 Å². The number of rotatable bonds is 7. The first-order valence-corrected chi connectivity index (χ1v) is 6.97. The molecule has 0 spiro atoms. The Morgan fingerprint density at radius 1 is 1.00 bits per heavy atom. The maximum absolute atomic E-state index is 10.1. The molecule has 0 heterocycles. The second kappa shape index (κ2) is 7.67. The van der Waals surface area contributed by atoms with Gasteiger partial charge in [0.15, 0.2) is 11.5 Å². The quantitative estimate of drug-likeness (QED) is 0.822. The Kier molecular flexibility index (Phi) is 5.60. The topological polar surface area (TPSA) is 58.9 Å². The molecule has 1 unspecified atom stereocenters. The van der Waals surface area contributed by atoms with Gasteiger partial charge in [0.2, 0.25) is 0 Å². The van der Waals surface area contributed by atoms with Gasteiger partial charge in [0.25, 0.3) is 0 Å². The fourth-order valence-corrected chi connectivity index (χ4v) is 2.05. The Labute approximate surface area is 124 Å². The zero-order valence-corrected chi connectivity index (χ0v) is 12.0. The third-order valence-corrected chi connectivity index (χ3v) is 3.10. The van der Waals surface area contributed by atoms with Crippen LogP contribution in [0.3, 0.4) is 0 Å². The van der Waals surface area contributed by atoms with Gasteiger partial charge in [-0.25, -0.2) is 0 Å². The van der Waals surface area contributed by atoms with Crippen LogP contribution in [0.4, 0.5) is 0 Å². The van der Waals surface area contributed by atoms with Crippen LogP contribution in [0, 0.1) is 0 Å². The molecule has 0 aliphatic rings. The summed E-state index contributed by atoms with van der Waals surface area (Å²) in [5, 5.41) is 19.5. The second-order valence-electron chi connectivity index (χ2n) is 4.57. The first kappa shape index (κ1) is 15.4. The fourth-order valence-electron chi connectivity index (χ4n) is 2.05. The monoisotopic (exact) mass is 288 g/mol. The standard InChI is InChI=1S/C17H20O4/c1-2-20-16-10-6-9-14(11-18)17(16)21-12-15(19)13-7-4-3-5-8-13/h3-10,15,18-19H,2,11-12H2,1H3. The van der Waals surface area contributed by atoms with E-state index in [9.17, 15) is 10.2 Å². The predicted molar refractivity (Wildman–Crippen MR) is 80.4 cm³/mol. The molecule has 2 N–H and O–H groups in total. The van der Waals surface area contributed by atoms with E-state index in [1.165, 1.54) is 0 Å². The maximum Gasteiger partial charge on any atom is 0.166 e. The number of aliphatic hydroxyl groups excluding tert-OH is 2. The molecule has 0 aliphatic carbocycles. The third-order valence-electron chi connectivity index (χ3n) is 3.10. The number of benzene rings is 2. The van der Waals surface area contributed by atoms with Crippen molar-refractivity contribution >= 4 is 0 Å². The number of ether oxygens (including phenoxy) is 2. The van der Waals surface area contributed by atoms with Gasteiger partial charge < -0.3 is 19.7 Å². The highest BCUT2D eigenvalue weighted by atomic mass is 16.5. The van der Waals surface area contributed by atoms with E-state index in [0.29, 0.717) is 23.7 Å². The number of hydrogen-bond donors (Lipinski definition) is 2. The first-order valence-electron chi connectivity index (χ1n) is 6.97. The van der Waals surface area contributed by atoms with Crippen molar-refractivity contribution in [3.05, 3.63) is 59.7 Å². The van der Waals surface area contributed by atoms with Crippen molar-refractivity contribution in [2.24, 2.45) is 0 Å². The lowest BCUT2D eigenvalue weighted by Gasteiger charge is -2.17. The highest BCUT2D eigenvalue weighted by Crippen LogP contribution is 2.32. The van der Waals surface area contributed by atoms with Crippen molar-refractivity contribution < 1.29 is 19.7 Å². The van der Waals surface area contributed by atoms with E-state index in [2.05, 4.69) is 0 Å². The van der Waals surface area contributed by atoms with Crippen molar-refractivity contribution in [2.45, 2.75) is 19.6 Å². The molecule has 0 amide bonds. The molecular formula is C17H20O4. The first-order chi connectivity index (χ1) is 10.3. The van der Waals surface area contributed by atoms with E-state index in [0.717, 1.165) is 5.56 Å². The summed E-state index contributed by atoms with van der Waals surface area (Å²) in [6.45, 7) is 2.35. The van der Waals surface area contributed by atoms with Crippen LogP contribution < -0.4 is 9.47 Å². The SMILES string of the molecule is CCOc1cccc(CO)c1OCC(O)c1ccccc1. The van der Waals surface area contributed by atoms with Crippen LogP contribution in [0.5, 0.6) is 11.5 Å². The van der Waals surface area contributed by atoms with E-state index in [1.54, 1.807) is 18.2 Å². The van der Waals surface area contributed by atoms with Gasteiger partial charge in [0.05, 0.1) is 13.2 Å². The zero-order chi connectivity index (χ0) is 15.1. The Hall–Kier alpha value is -2.04. The summed E-state index contributed by atoms with van der Waals surface area (Å²) in [5.74, 6) is 1.06. The lowest BCUT2D eigenvalue weighted by molar-refractivity contribution is 0.104. The van der Waals surface area contributed by atoms with Crippen LogP contribution in [0.15, 0.2) is 48.5 Å². The Morgan fingerprint density at radius 2 is 1.76 bits per heavy atom. The van der Waals surface area contributed by atoms with Gasteiger partial charge in [0, 0.05) is 5.56 Å². The lowest BCUT2D eigenvalue weighted by atomic mass is 10.1. The molecule has 21 heavy (non-hydrogen) atoms. The summed E-state index contributed by atoms with van der Waals surface area (Å²) in [6, 6.07) is 14.7. The average Bonchev–Trinajstić information content (AvgIpc) is 2.54. The number of aliphatic hydroxyl groups is 2. The average molecular weight is 288 g/mol. The molecule has 4 nitrogen and oxygen atoms in total. The van der Waals surface area contributed by atoms with E-state index >= 15 is 0 Å². The van der Waals surface area contributed by atoms with E-state index in [4.69, 9.17) is 9.47 Å². The highest BCUT2D eigenvalue weighted by Gasteiger charge is 2.14. The van der Waals surface area contributed by atoms with Gasteiger partial charge in [-0.3, -0.25) is 0 Å². The minimum atomic E-state index is -0.729. The third kappa shape index (κ3) is 3.97. The van der Waals surface area contributed by atoms with Crippen LogP contribution in [-0.2, 0) is 6.61 Å². The van der Waals surface area contributed by atoms with Crippen molar-refractivity contribution in [1.82, 2.24) is 0 Å². The second-order valence-corrected chi connectivity index (χ2v) is 4.57. The van der Waals surface area contributed by atoms with Crippen molar-refractivity contribution in [3.8, 4) is 11.5 Å². The highest BCUT2D eigenvalue weighted by molar-refractivity contribution is 5.46. The van der Waals surface area contributed by atoms with Crippen LogP contribution >= 0.6 is 0 Å². The zero-order valence-electron chi connectivity index (χ0n) is 12.0. The van der Waals surface area contributed by atoms with Gasteiger partial charge in [0.1, 0.15) is 12.7 Å². The Balaban J connectivity index is 2.11. The smallest absolute Gasteiger partial charge is 0.166 e. The molecule has 0 radical (unpaired) electrons. The largest absolute Gasteiger partial charge is 0.490 e. The summed E-state index contributed by atoms with van der Waals surface area (Å²) < 4.78 is 11.2. The number of para-hydroxylation sites is 1. The minimum Gasteiger partial charge on any atom is -0.490 e. The Morgan fingerprint density at radius 3 is 2.43 bits per heavy atom. The lowest BCUT2D eigenvalue weighted by Crippen LogP contribution is -2.11. The molecule has 0 bridgehead atoms. The fraction of sp³-hybridized carbons (Fsp3) is 0.294. The molecular weight excluding hydrogens is 268 g/mol. The molecule has 2 aromatic rings. The van der Waals surface area contributed by atoms with E-state index in [1.807, 2.05) is 37.3 Å². The van der Waals surface area contributed by atoms with Gasteiger partial charge in [-0.15, -0.1) is 0 Å². The molecule has 4 heteroatoms.